The van der Waals surface area contributed by atoms with Crippen molar-refractivity contribution in [1.82, 2.24) is 4.98 Å². The first-order valence-corrected chi connectivity index (χ1v) is 9.04. The van der Waals surface area contributed by atoms with E-state index in [1.807, 2.05) is 0 Å². The predicted molar refractivity (Wildman–Crippen MR) is 110 cm³/mol. The molecule has 3 aromatic rings. The van der Waals surface area contributed by atoms with Gasteiger partial charge in [-0.25, -0.2) is 0 Å². The smallest absolute Gasteiger partial charge is 0.316 e. The van der Waals surface area contributed by atoms with Crippen molar-refractivity contribution in [3.05, 3.63) is 64.4 Å². The second-order valence-corrected chi connectivity index (χ2v) is 7.72. The molecular weight excluding hydrogens is 372 g/mol. The monoisotopic (exact) mass is 394 g/mol. The molecule has 0 aliphatic carbocycles. The molecule has 150 valence electrons. The Morgan fingerprint density at radius 1 is 1.03 bits per heavy atom. The summed E-state index contributed by atoms with van der Waals surface area (Å²) in [5.41, 5.74) is -0.736. The van der Waals surface area contributed by atoms with Crippen molar-refractivity contribution >= 4 is 28.5 Å². The number of hydrogen-bond acceptors (Lipinski definition) is 5. The number of aromatic nitrogens is 1. The van der Waals surface area contributed by atoms with Crippen molar-refractivity contribution in [3.63, 3.8) is 0 Å². The Balaban J connectivity index is 1.88. The van der Waals surface area contributed by atoms with E-state index in [2.05, 4.69) is 4.98 Å². The quantitative estimate of drug-likeness (QED) is 0.523. The number of nitrogens with zero attached hydrogens (tertiary/aromatic N) is 1. The van der Waals surface area contributed by atoms with Crippen LogP contribution in [0.1, 0.15) is 31.1 Å². The molecule has 0 aliphatic rings. The Morgan fingerprint density at radius 3 is 2.28 bits per heavy atom. The number of fused-ring (bicyclic) bond motifs is 1. The number of ether oxygens (including phenoxy) is 1. The number of rotatable bonds is 3. The molecule has 0 fully saturated rings. The number of hydrogen-bond donors (Lipinski definition) is 2. The fourth-order valence-corrected chi connectivity index (χ4v) is 2.71. The minimum atomic E-state index is -0.672. The fourth-order valence-electron chi connectivity index (χ4n) is 2.71. The van der Waals surface area contributed by atoms with Gasteiger partial charge in [0.2, 0.25) is 0 Å². The van der Waals surface area contributed by atoms with Crippen molar-refractivity contribution in [1.29, 1.82) is 0 Å². The maximum absolute atomic E-state index is 12.9. The van der Waals surface area contributed by atoms with Crippen LogP contribution in [0, 0.1) is 5.41 Å². The third-order valence-electron chi connectivity index (χ3n) is 4.46. The summed E-state index contributed by atoms with van der Waals surface area (Å²) in [7, 11) is 1.49. The van der Waals surface area contributed by atoms with E-state index in [0.717, 1.165) is 0 Å². The highest BCUT2D eigenvalue weighted by Gasteiger charge is 2.25. The van der Waals surface area contributed by atoms with E-state index < -0.39 is 16.9 Å². The highest BCUT2D eigenvalue weighted by molar-refractivity contribution is 6.10. The molecule has 7 heteroatoms. The second kappa shape index (κ2) is 7.43. The van der Waals surface area contributed by atoms with Crippen LogP contribution in [-0.2, 0) is 4.79 Å². The molecule has 0 bridgehead atoms. The van der Waals surface area contributed by atoms with E-state index in [4.69, 9.17) is 4.74 Å². The van der Waals surface area contributed by atoms with E-state index in [-0.39, 0.29) is 17.3 Å². The SMILES string of the molecule is CN(C(=O)c1c(O)c2ccccc2[nH]c1=O)c1ccc(OC(=O)C(C)(C)C)cc1. The van der Waals surface area contributed by atoms with Crippen LogP contribution in [0.15, 0.2) is 53.3 Å². The maximum Gasteiger partial charge on any atom is 0.316 e. The number of pyridine rings is 1. The molecule has 1 heterocycles. The zero-order valence-corrected chi connectivity index (χ0v) is 16.6. The molecule has 0 unspecified atom stereocenters. The lowest BCUT2D eigenvalue weighted by molar-refractivity contribution is -0.143. The first kappa shape index (κ1) is 20.1. The van der Waals surface area contributed by atoms with Gasteiger partial charge in [0.15, 0.2) is 0 Å². The Hall–Kier alpha value is -3.61. The number of anilines is 1. The molecule has 2 N–H and O–H groups in total. The summed E-state index contributed by atoms with van der Waals surface area (Å²) in [5.74, 6) is -1.05. The van der Waals surface area contributed by atoms with Gasteiger partial charge in [0, 0.05) is 18.1 Å². The number of aromatic hydroxyl groups is 1. The van der Waals surface area contributed by atoms with E-state index in [1.165, 1.54) is 11.9 Å². The third kappa shape index (κ3) is 3.99. The number of H-pyrrole nitrogens is 1. The number of amides is 1. The number of carbonyl (C=O) groups is 2. The van der Waals surface area contributed by atoms with Gasteiger partial charge < -0.3 is 19.7 Å². The molecular formula is C22H22N2O5. The number of nitrogens with one attached hydrogen (secondary N) is 1. The molecule has 0 radical (unpaired) electrons. The van der Waals surface area contributed by atoms with Crippen LogP contribution in [0.4, 0.5) is 5.69 Å². The Morgan fingerprint density at radius 2 is 1.66 bits per heavy atom. The summed E-state index contributed by atoms with van der Waals surface area (Å²) in [4.78, 5) is 41.1. The predicted octanol–water partition coefficient (Wildman–Crippen LogP) is 3.46. The van der Waals surface area contributed by atoms with Gasteiger partial charge >= 0.3 is 5.97 Å². The minimum Gasteiger partial charge on any atom is -0.506 e. The number of para-hydroxylation sites is 1. The highest BCUT2D eigenvalue weighted by Crippen LogP contribution is 2.27. The lowest BCUT2D eigenvalue weighted by Gasteiger charge is -2.19. The molecule has 2 aromatic carbocycles. The Kier molecular flexibility index (Phi) is 5.16. The highest BCUT2D eigenvalue weighted by atomic mass is 16.5. The van der Waals surface area contributed by atoms with E-state index in [0.29, 0.717) is 22.3 Å². The van der Waals surface area contributed by atoms with Crippen LogP contribution in [-0.4, -0.2) is 29.0 Å². The van der Waals surface area contributed by atoms with E-state index >= 15 is 0 Å². The van der Waals surface area contributed by atoms with Crippen LogP contribution in [0.3, 0.4) is 0 Å². The van der Waals surface area contributed by atoms with Gasteiger partial charge in [0.1, 0.15) is 17.1 Å². The molecule has 7 nitrogen and oxygen atoms in total. The molecule has 29 heavy (non-hydrogen) atoms. The molecule has 0 saturated heterocycles. The van der Waals surface area contributed by atoms with Gasteiger partial charge in [-0.1, -0.05) is 12.1 Å². The van der Waals surface area contributed by atoms with E-state index in [1.54, 1.807) is 69.3 Å². The zero-order valence-electron chi connectivity index (χ0n) is 16.6. The normalized spacial score (nSPS) is 11.3. The van der Waals surface area contributed by atoms with Gasteiger partial charge in [0.05, 0.1) is 10.9 Å². The molecule has 0 spiro atoms. The zero-order chi connectivity index (χ0) is 21.3. The van der Waals surface area contributed by atoms with Gasteiger partial charge in [-0.15, -0.1) is 0 Å². The lowest BCUT2D eigenvalue weighted by Crippen LogP contribution is -2.31. The second-order valence-electron chi connectivity index (χ2n) is 7.72. The van der Waals surface area contributed by atoms with E-state index in [9.17, 15) is 19.5 Å². The van der Waals surface area contributed by atoms with Crippen LogP contribution in [0.25, 0.3) is 10.9 Å². The molecule has 0 saturated carbocycles. The maximum atomic E-state index is 12.9. The molecule has 1 aromatic heterocycles. The first-order valence-electron chi connectivity index (χ1n) is 9.04. The molecule has 1 amide bonds. The number of esters is 1. The standard InChI is InChI=1S/C22H22N2O5/c1-22(2,3)21(28)29-14-11-9-13(10-12-14)24(4)20(27)17-18(25)15-7-5-6-8-16(15)23-19(17)26/h5-12H,1-4H3,(H2,23,25,26). The van der Waals surface area contributed by atoms with Gasteiger partial charge in [0.25, 0.3) is 11.5 Å². The van der Waals surface area contributed by atoms with Crippen molar-refractivity contribution in [2.75, 3.05) is 11.9 Å². The van der Waals surface area contributed by atoms with Crippen LogP contribution >= 0.6 is 0 Å². The van der Waals surface area contributed by atoms with Crippen molar-refractivity contribution in [2.24, 2.45) is 5.41 Å². The molecule has 0 atom stereocenters. The third-order valence-corrected chi connectivity index (χ3v) is 4.46. The molecule has 0 aliphatic heterocycles. The van der Waals surface area contributed by atoms with Crippen LogP contribution < -0.4 is 15.2 Å². The van der Waals surface area contributed by atoms with Gasteiger partial charge in [-0.3, -0.25) is 14.4 Å². The van der Waals surface area contributed by atoms with Crippen LogP contribution in [0.5, 0.6) is 11.5 Å². The lowest BCUT2D eigenvalue weighted by atomic mass is 9.97. The average molecular weight is 394 g/mol. The van der Waals surface area contributed by atoms with Crippen LogP contribution in [0.2, 0.25) is 0 Å². The van der Waals surface area contributed by atoms with Crippen molar-refractivity contribution in [3.8, 4) is 11.5 Å². The topological polar surface area (TPSA) is 99.7 Å². The fraction of sp³-hybridized carbons (Fsp3) is 0.227. The summed E-state index contributed by atoms with van der Waals surface area (Å²) >= 11 is 0. The number of carbonyl (C=O) groups excluding carboxylic acids is 2. The first-order chi connectivity index (χ1) is 13.6. The van der Waals surface area contributed by atoms with Gasteiger partial charge in [-0.2, -0.15) is 0 Å². The summed E-state index contributed by atoms with van der Waals surface area (Å²) < 4.78 is 5.31. The number of benzene rings is 2. The van der Waals surface area contributed by atoms with Crippen molar-refractivity contribution < 1.29 is 19.4 Å². The Labute approximate surface area is 167 Å². The minimum absolute atomic E-state index is 0.338. The summed E-state index contributed by atoms with van der Waals surface area (Å²) in [6.45, 7) is 5.26. The van der Waals surface area contributed by atoms with Crippen molar-refractivity contribution in [2.45, 2.75) is 20.8 Å². The Bertz CT molecular complexity index is 1140. The summed E-state index contributed by atoms with van der Waals surface area (Å²) in [5, 5.41) is 10.9. The average Bonchev–Trinajstić information content (AvgIpc) is 2.67. The summed E-state index contributed by atoms with van der Waals surface area (Å²) in [6, 6.07) is 13.0. The number of aromatic amines is 1. The molecule has 3 rings (SSSR count). The largest absolute Gasteiger partial charge is 0.506 e. The van der Waals surface area contributed by atoms with Gasteiger partial charge in [-0.05, 0) is 57.2 Å². The summed E-state index contributed by atoms with van der Waals surface area (Å²) in [6.07, 6.45) is 0.